The first-order valence-electron chi connectivity index (χ1n) is 9.63. The maximum absolute atomic E-state index is 12.5. The quantitative estimate of drug-likeness (QED) is 0.656. The number of rotatable bonds is 5. The Bertz CT molecular complexity index is 1080. The van der Waals surface area contributed by atoms with Gasteiger partial charge in [0.15, 0.2) is 5.13 Å². The minimum Gasteiger partial charge on any atom is -0.325 e. The van der Waals surface area contributed by atoms with E-state index in [2.05, 4.69) is 30.5 Å². The highest BCUT2D eigenvalue weighted by Gasteiger charge is 2.23. The van der Waals surface area contributed by atoms with Gasteiger partial charge in [0.25, 0.3) is 5.91 Å². The average Bonchev–Trinajstić information content (AvgIpc) is 3.12. The Labute approximate surface area is 178 Å². The van der Waals surface area contributed by atoms with Gasteiger partial charge in [-0.2, -0.15) is 0 Å². The number of carbonyl (C=O) groups is 2. The average molecular weight is 423 g/mol. The van der Waals surface area contributed by atoms with Crippen molar-refractivity contribution < 1.29 is 9.59 Å². The minimum absolute atomic E-state index is 0.0344. The van der Waals surface area contributed by atoms with Crippen LogP contribution >= 0.6 is 11.3 Å². The molecule has 154 valence electrons. The van der Waals surface area contributed by atoms with E-state index in [9.17, 15) is 9.59 Å². The molecule has 3 heterocycles. The number of nitrogens with zero attached hydrogens (tertiary/aromatic N) is 4. The monoisotopic (exact) mass is 422 g/mol. The van der Waals surface area contributed by atoms with E-state index < -0.39 is 0 Å². The zero-order valence-electron chi connectivity index (χ0n) is 16.8. The van der Waals surface area contributed by atoms with Crippen LogP contribution in [-0.4, -0.2) is 44.8 Å². The zero-order valence-corrected chi connectivity index (χ0v) is 17.6. The van der Waals surface area contributed by atoms with Crippen molar-refractivity contribution in [2.75, 3.05) is 23.7 Å². The molecule has 8 nitrogen and oxygen atoms in total. The third-order valence-electron chi connectivity index (χ3n) is 4.86. The van der Waals surface area contributed by atoms with Gasteiger partial charge in [-0.3, -0.25) is 24.8 Å². The van der Waals surface area contributed by atoms with E-state index in [1.807, 2.05) is 32.0 Å². The van der Waals surface area contributed by atoms with Crippen molar-refractivity contribution in [3.8, 4) is 0 Å². The molecule has 0 bridgehead atoms. The van der Waals surface area contributed by atoms with Gasteiger partial charge in [0, 0.05) is 42.5 Å². The third kappa shape index (κ3) is 4.69. The third-order valence-corrected chi connectivity index (χ3v) is 5.86. The highest BCUT2D eigenvalue weighted by atomic mass is 32.1. The molecule has 0 atom stereocenters. The van der Waals surface area contributed by atoms with Gasteiger partial charge >= 0.3 is 0 Å². The molecule has 30 heavy (non-hydrogen) atoms. The van der Waals surface area contributed by atoms with Crippen LogP contribution in [0.25, 0.3) is 0 Å². The van der Waals surface area contributed by atoms with Gasteiger partial charge in [-0.05, 0) is 31.0 Å². The number of nitrogens with one attached hydrogen (secondary N) is 2. The molecule has 1 aromatic carbocycles. The van der Waals surface area contributed by atoms with Crippen molar-refractivity contribution in [1.29, 1.82) is 0 Å². The first kappa shape index (κ1) is 20.1. The predicted octanol–water partition coefficient (Wildman–Crippen LogP) is 2.80. The summed E-state index contributed by atoms with van der Waals surface area (Å²) < 4.78 is 0. The summed E-state index contributed by atoms with van der Waals surface area (Å²) in [5.74, 6) is -0.369. The number of anilines is 2. The predicted molar refractivity (Wildman–Crippen MR) is 116 cm³/mol. The molecule has 2 amide bonds. The van der Waals surface area contributed by atoms with Crippen LogP contribution in [0.4, 0.5) is 10.8 Å². The van der Waals surface area contributed by atoms with Gasteiger partial charge in [-0.25, -0.2) is 9.97 Å². The molecule has 9 heteroatoms. The van der Waals surface area contributed by atoms with Gasteiger partial charge in [0.05, 0.1) is 18.4 Å². The lowest BCUT2D eigenvalue weighted by molar-refractivity contribution is -0.117. The van der Waals surface area contributed by atoms with Crippen molar-refractivity contribution in [1.82, 2.24) is 19.9 Å². The number of hydrogen-bond acceptors (Lipinski definition) is 7. The number of aryl methyl sites for hydroxylation is 2. The van der Waals surface area contributed by atoms with E-state index in [1.54, 1.807) is 0 Å². The molecule has 2 N–H and O–H groups in total. The van der Waals surface area contributed by atoms with Gasteiger partial charge in [-0.15, -0.1) is 11.3 Å². The molecule has 1 aliphatic rings. The van der Waals surface area contributed by atoms with E-state index in [0.29, 0.717) is 18.2 Å². The highest BCUT2D eigenvalue weighted by molar-refractivity contribution is 7.15. The largest absolute Gasteiger partial charge is 0.325 e. The van der Waals surface area contributed by atoms with Crippen LogP contribution in [0, 0.1) is 13.8 Å². The van der Waals surface area contributed by atoms with E-state index in [1.165, 1.54) is 29.9 Å². The summed E-state index contributed by atoms with van der Waals surface area (Å²) >= 11 is 1.43. The molecule has 0 radical (unpaired) electrons. The number of benzene rings is 1. The lowest BCUT2D eigenvalue weighted by Crippen LogP contribution is -2.36. The first-order chi connectivity index (χ1) is 14.5. The van der Waals surface area contributed by atoms with Crippen molar-refractivity contribution in [3.63, 3.8) is 0 Å². The summed E-state index contributed by atoms with van der Waals surface area (Å²) in [5.41, 5.74) is 4.22. The normalized spacial score (nSPS) is 13.5. The second-order valence-electron chi connectivity index (χ2n) is 7.26. The topological polar surface area (TPSA) is 100 Å². The molecule has 0 aliphatic carbocycles. The van der Waals surface area contributed by atoms with E-state index in [4.69, 9.17) is 0 Å². The Kier molecular flexibility index (Phi) is 5.82. The number of thiazole rings is 1. The van der Waals surface area contributed by atoms with Gasteiger partial charge < -0.3 is 5.32 Å². The fraction of sp³-hybridized carbons (Fsp3) is 0.286. The van der Waals surface area contributed by atoms with E-state index >= 15 is 0 Å². The molecule has 4 rings (SSSR count). The summed E-state index contributed by atoms with van der Waals surface area (Å²) in [7, 11) is 0. The molecular formula is C21H22N6O2S. The Balaban J connectivity index is 1.36. The van der Waals surface area contributed by atoms with Crippen LogP contribution in [0.3, 0.4) is 0 Å². The second kappa shape index (κ2) is 8.68. The summed E-state index contributed by atoms with van der Waals surface area (Å²) in [4.78, 5) is 40.4. The lowest BCUT2D eigenvalue weighted by Gasteiger charge is -2.25. The SMILES string of the molecule is Cc1ccc(C)c(NC(=O)CN2CCc3nc(NC(=O)c4cnccn4)sc3C2)c1. The molecule has 0 spiro atoms. The Morgan fingerprint density at radius 3 is 2.87 bits per heavy atom. The Morgan fingerprint density at radius 1 is 1.20 bits per heavy atom. The van der Waals surface area contributed by atoms with Crippen molar-refractivity contribution in [2.24, 2.45) is 0 Å². The Morgan fingerprint density at radius 2 is 2.07 bits per heavy atom. The van der Waals surface area contributed by atoms with Crippen LogP contribution < -0.4 is 10.6 Å². The Hall–Kier alpha value is -3.17. The van der Waals surface area contributed by atoms with Crippen LogP contribution in [0.5, 0.6) is 0 Å². The van der Waals surface area contributed by atoms with Crippen molar-refractivity contribution in [2.45, 2.75) is 26.8 Å². The maximum Gasteiger partial charge on any atom is 0.277 e. The molecular weight excluding hydrogens is 400 g/mol. The number of fused-ring (bicyclic) bond motifs is 1. The second-order valence-corrected chi connectivity index (χ2v) is 8.34. The number of amides is 2. The number of carbonyl (C=O) groups excluding carboxylic acids is 2. The standard InChI is InChI=1S/C21H22N6O2S/c1-13-3-4-14(2)16(9-13)24-19(28)12-27-8-5-15-18(11-27)30-21(25-15)26-20(29)17-10-22-6-7-23-17/h3-4,6-7,9-10H,5,8,11-12H2,1-2H3,(H,24,28)(H,25,26,29). The van der Waals surface area contributed by atoms with Crippen molar-refractivity contribution in [3.05, 3.63) is 64.2 Å². The molecule has 2 aromatic heterocycles. The number of hydrogen-bond donors (Lipinski definition) is 2. The van der Waals surface area contributed by atoms with Crippen LogP contribution in [0.2, 0.25) is 0 Å². The van der Waals surface area contributed by atoms with Crippen LogP contribution in [0.15, 0.2) is 36.8 Å². The fourth-order valence-corrected chi connectivity index (χ4v) is 4.32. The summed E-state index contributed by atoms with van der Waals surface area (Å²) in [6.45, 7) is 5.68. The summed E-state index contributed by atoms with van der Waals surface area (Å²) in [6, 6.07) is 6.02. The summed E-state index contributed by atoms with van der Waals surface area (Å²) in [5, 5.41) is 6.33. The lowest BCUT2D eigenvalue weighted by atomic mass is 10.1. The van der Waals surface area contributed by atoms with Gasteiger partial charge in [0.2, 0.25) is 5.91 Å². The minimum atomic E-state index is -0.334. The molecule has 0 unspecified atom stereocenters. The molecule has 3 aromatic rings. The van der Waals surface area contributed by atoms with Crippen LogP contribution in [0.1, 0.15) is 32.2 Å². The van der Waals surface area contributed by atoms with E-state index in [-0.39, 0.29) is 17.5 Å². The van der Waals surface area contributed by atoms with E-state index in [0.717, 1.165) is 40.4 Å². The zero-order chi connectivity index (χ0) is 21.1. The molecule has 1 aliphatic heterocycles. The number of aromatic nitrogens is 3. The maximum atomic E-state index is 12.5. The molecule has 0 fully saturated rings. The highest BCUT2D eigenvalue weighted by Crippen LogP contribution is 2.28. The first-order valence-corrected chi connectivity index (χ1v) is 10.4. The molecule has 0 saturated carbocycles. The van der Waals surface area contributed by atoms with Crippen LogP contribution in [-0.2, 0) is 17.8 Å². The van der Waals surface area contributed by atoms with Gasteiger partial charge in [-0.1, -0.05) is 12.1 Å². The smallest absolute Gasteiger partial charge is 0.277 e. The fourth-order valence-electron chi connectivity index (χ4n) is 3.28. The van der Waals surface area contributed by atoms with Gasteiger partial charge in [0.1, 0.15) is 5.69 Å². The van der Waals surface area contributed by atoms with Crippen molar-refractivity contribution >= 4 is 34.0 Å². The molecule has 0 saturated heterocycles. The summed E-state index contributed by atoms with van der Waals surface area (Å²) in [6.07, 6.45) is 5.15.